The summed E-state index contributed by atoms with van der Waals surface area (Å²) in [7, 11) is 0. The molecule has 0 aliphatic carbocycles. The smallest absolute Gasteiger partial charge is 0.275 e. The number of phenols is 1. The largest absolute Gasteiger partial charge is 0.507 e. The average molecular weight is 369 g/mol. The summed E-state index contributed by atoms with van der Waals surface area (Å²) < 4.78 is 5.47. The Labute approximate surface area is 158 Å². The lowest BCUT2D eigenvalue weighted by Crippen LogP contribution is -2.21. The Balaban J connectivity index is 1.96. The predicted octanol–water partition coefficient (Wildman–Crippen LogP) is 3.23. The van der Waals surface area contributed by atoms with Gasteiger partial charge >= 0.3 is 0 Å². The maximum absolute atomic E-state index is 12.2. The third-order valence-corrected chi connectivity index (χ3v) is 3.71. The van der Waals surface area contributed by atoms with Crippen molar-refractivity contribution in [2.24, 2.45) is 5.10 Å². The van der Waals surface area contributed by atoms with Crippen LogP contribution in [0.4, 0.5) is 5.69 Å². The van der Waals surface area contributed by atoms with Crippen LogP contribution in [0.5, 0.6) is 11.5 Å². The zero-order valence-electron chi connectivity index (χ0n) is 15.6. The predicted molar refractivity (Wildman–Crippen MR) is 104 cm³/mol. The summed E-state index contributed by atoms with van der Waals surface area (Å²) in [5, 5.41) is 16.6. The first-order chi connectivity index (χ1) is 12.9. The molecule has 2 amide bonds. The van der Waals surface area contributed by atoms with Gasteiger partial charge in [0.15, 0.2) is 0 Å². The molecule has 27 heavy (non-hydrogen) atoms. The lowest BCUT2D eigenvalue weighted by atomic mass is 10.1. The van der Waals surface area contributed by atoms with Gasteiger partial charge in [-0.05, 0) is 44.5 Å². The van der Waals surface area contributed by atoms with Gasteiger partial charge in [0.1, 0.15) is 11.5 Å². The Kier molecular flexibility index (Phi) is 6.93. The Hall–Kier alpha value is -3.35. The fraction of sp³-hybridized carbons (Fsp3) is 0.250. The van der Waals surface area contributed by atoms with E-state index >= 15 is 0 Å². The second-order valence-corrected chi connectivity index (χ2v) is 5.91. The van der Waals surface area contributed by atoms with Gasteiger partial charge in [-0.2, -0.15) is 5.10 Å². The molecule has 7 heteroatoms. The van der Waals surface area contributed by atoms with Crippen LogP contribution in [0.2, 0.25) is 0 Å². The van der Waals surface area contributed by atoms with Crippen molar-refractivity contribution in [3.8, 4) is 11.5 Å². The maximum Gasteiger partial charge on any atom is 0.275 e. The summed E-state index contributed by atoms with van der Waals surface area (Å²) in [6.45, 7) is 5.69. The number of hydrogen-bond acceptors (Lipinski definition) is 5. The molecular formula is C20H23N3O4. The van der Waals surface area contributed by atoms with E-state index in [2.05, 4.69) is 15.8 Å². The third kappa shape index (κ3) is 5.57. The monoisotopic (exact) mass is 369 g/mol. The molecule has 2 aromatic rings. The number of ether oxygens (including phenoxy) is 1. The Morgan fingerprint density at radius 1 is 1.15 bits per heavy atom. The molecule has 0 aliphatic rings. The number of nitrogens with zero attached hydrogens (tertiary/aromatic N) is 1. The van der Waals surface area contributed by atoms with Crippen LogP contribution in [0.25, 0.3) is 0 Å². The highest BCUT2D eigenvalue weighted by Gasteiger charge is 2.13. The Morgan fingerprint density at radius 2 is 1.89 bits per heavy atom. The van der Waals surface area contributed by atoms with Crippen molar-refractivity contribution >= 4 is 23.2 Å². The minimum atomic E-state index is -0.544. The molecule has 0 spiro atoms. The van der Waals surface area contributed by atoms with E-state index in [0.29, 0.717) is 29.3 Å². The fourth-order valence-corrected chi connectivity index (χ4v) is 2.37. The molecule has 0 radical (unpaired) electrons. The number of benzene rings is 2. The number of hydrazone groups is 1. The van der Waals surface area contributed by atoms with Crippen LogP contribution in [0, 0.1) is 6.92 Å². The molecule has 0 unspecified atom stereocenters. The highest BCUT2D eigenvalue weighted by atomic mass is 16.5. The van der Waals surface area contributed by atoms with E-state index in [9.17, 15) is 14.7 Å². The number of carbonyl (C=O) groups is 2. The molecule has 0 bridgehead atoms. The summed E-state index contributed by atoms with van der Waals surface area (Å²) in [5.41, 5.74) is 4.07. The van der Waals surface area contributed by atoms with Crippen molar-refractivity contribution < 1.29 is 19.4 Å². The normalized spacial score (nSPS) is 11.0. The number of phenolic OH excluding ortho intramolecular Hbond substituents is 1. The molecule has 0 aliphatic heterocycles. The highest BCUT2D eigenvalue weighted by Crippen LogP contribution is 2.24. The minimum Gasteiger partial charge on any atom is -0.507 e. The van der Waals surface area contributed by atoms with E-state index in [4.69, 9.17) is 4.74 Å². The molecule has 0 saturated heterocycles. The quantitative estimate of drug-likeness (QED) is 0.515. The molecule has 7 nitrogen and oxygen atoms in total. The van der Waals surface area contributed by atoms with E-state index in [-0.39, 0.29) is 23.6 Å². The number of aromatic hydroxyl groups is 1. The van der Waals surface area contributed by atoms with Crippen molar-refractivity contribution in [2.75, 3.05) is 11.9 Å². The molecule has 2 rings (SSSR count). The van der Waals surface area contributed by atoms with E-state index in [1.165, 1.54) is 6.07 Å². The molecule has 2 aromatic carbocycles. The average Bonchev–Trinajstić information content (AvgIpc) is 2.64. The molecule has 0 fully saturated rings. The number of anilines is 1. The molecule has 142 valence electrons. The van der Waals surface area contributed by atoms with Crippen LogP contribution in [0.15, 0.2) is 47.6 Å². The number of aryl methyl sites for hydroxylation is 1. The topological polar surface area (TPSA) is 100 Å². The third-order valence-electron chi connectivity index (χ3n) is 3.71. The first-order valence-corrected chi connectivity index (χ1v) is 8.56. The Bertz CT molecular complexity index is 862. The first-order valence-electron chi connectivity index (χ1n) is 8.56. The van der Waals surface area contributed by atoms with Gasteiger partial charge in [0.2, 0.25) is 5.91 Å². The minimum absolute atomic E-state index is 0.000535. The first kappa shape index (κ1) is 20.0. The highest BCUT2D eigenvalue weighted by molar-refractivity contribution is 6.06. The van der Waals surface area contributed by atoms with Crippen LogP contribution >= 0.6 is 0 Å². The van der Waals surface area contributed by atoms with Crippen molar-refractivity contribution in [3.05, 3.63) is 53.6 Å². The second kappa shape index (κ2) is 9.38. The van der Waals surface area contributed by atoms with E-state index < -0.39 is 5.91 Å². The van der Waals surface area contributed by atoms with Crippen LogP contribution in [0.3, 0.4) is 0 Å². The van der Waals surface area contributed by atoms with Crippen molar-refractivity contribution in [2.45, 2.75) is 27.2 Å². The standard InChI is InChI=1S/C20H23N3O4/c1-4-27-17-11-6-5-10-16(17)21-18(24)12-14(3)22-23-20(26)15-9-7-8-13(2)19(15)25/h5-11,25H,4,12H2,1-3H3,(H,21,24)(H,23,26)/b22-14+. The number of carbonyl (C=O) groups excluding carboxylic acids is 2. The van der Waals surface area contributed by atoms with Gasteiger partial charge in [-0.25, -0.2) is 5.43 Å². The molecule has 0 atom stereocenters. The van der Waals surface area contributed by atoms with Gasteiger partial charge in [0, 0.05) is 5.71 Å². The molecule has 0 saturated carbocycles. The Morgan fingerprint density at radius 3 is 2.63 bits per heavy atom. The van der Waals surface area contributed by atoms with Gasteiger partial charge in [0.25, 0.3) is 5.91 Å². The molecular weight excluding hydrogens is 346 g/mol. The van der Waals surface area contributed by atoms with E-state index in [0.717, 1.165) is 0 Å². The second-order valence-electron chi connectivity index (χ2n) is 5.91. The van der Waals surface area contributed by atoms with Crippen LogP contribution in [-0.4, -0.2) is 29.2 Å². The molecule has 0 aromatic heterocycles. The van der Waals surface area contributed by atoms with Crippen molar-refractivity contribution in [1.82, 2.24) is 5.43 Å². The summed E-state index contributed by atoms with van der Waals surface area (Å²) in [5.74, 6) is -0.326. The maximum atomic E-state index is 12.2. The van der Waals surface area contributed by atoms with Crippen LogP contribution < -0.4 is 15.5 Å². The van der Waals surface area contributed by atoms with Gasteiger partial charge < -0.3 is 15.2 Å². The summed E-state index contributed by atoms with van der Waals surface area (Å²) in [6.07, 6.45) is 0.000535. The summed E-state index contributed by atoms with van der Waals surface area (Å²) in [6, 6.07) is 12.0. The number of hydrogen-bond donors (Lipinski definition) is 3. The van der Waals surface area contributed by atoms with Crippen molar-refractivity contribution in [1.29, 1.82) is 0 Å². The zero-order chi connectivity index (χ0) is 19.8. The molecule has 3 N–H and O–H groups in total. The lowest BCUT2D eigenvalue weighted by molar-refractivity contribution is -0.115. The van der Waals surface area contributed by atoms with Gasteiger partial charge in [-0.15, -0.1) is 0 Å². The summed E-state index contributed by atoms with van der Waals surface area (Å²) in [4.78, 5) is 24.3. The number of para-hydroxylation sites is 3. The zero-order valence-corrected chi connectivity index (χ0v) is 15.6. The van der Waals surface area contributed by atoms with Crippen LogP contribution in [0.1, 0.15) is 36.2 Å². The van der Waals surface area contributed by atoms with E-state index in [1.807, 2.05) is 13.0 Å². The number of rotatable bonds is 7. The van der Waals surface area contributed by atoms with Gasteiger partial charge in [-0.1, -0.05) is 24.3 Å². The molecule has 0 heterocycles. The van der Waals surface area contributed by atoms with E-state index in [1.54, 1.807) is 44.2 Å². The number of nitrogens with one attached hydrogen (secondary N) is 2. The van der Waals surface area contributed by atoms with Gasteiger partial charge in [0.05, 0.1) is 24.3 Å². The van der Waals surface area contributed by atoms with Gasteiger partial charge in [-0.3, -0.25) is 9.59 Å². The van der Waals surface area contributed by atoms with Crippen molar-refractivity contribution in [3.63, 3.8) is 0 Å². The SMILES string of the molecule is CCOc1ccccc1NC(=O)C/C(C)=N/NC(=O)c1cccc(C)c1O. The van der Waals surface area contributed by atoms with Crippen LogP contribution in [-0.2, 0) is 4.79 Å². The number of amides is 2. The summed E-state index contributed by atoms with van der Waals surface area (Å²) >= 11 is 0. The lowest BCUT2D eigenvalue weighted by Gasteiger charge is -2.11. The fourth-order valence-electron chi connectivity index (χ4n) is 2.37.